The molecule has 0 saturated carbocycles. The summed E-state index contributed by atoms with van der Waals surface area (Å²) in [7, 11) is -7.83. The first-order valence-electron chi connectivity index (χ1n) is 12.2. The van der Waals surface area contributed by atoms with Crippen LogP contribution in [0.5, 0.6) is 5.75 Å². The molecule has 0 bridgehead atoms. The van der Waals surface area contributed by atoms with Crippen molar-refractivity contribution in [2.75, 3.05) is 20.9 Å². The third-order valence-corrected chi connectivity index (χ3v) is 9.65. The van der Waals surface area contributed by atoms with E-state index in [4.69, 9.17) is 27.9 Å². The standard InChI is InChI=1S/C28H23Cl2N3O6S2/c29-20-14-21(30)16-23(15-20)32-41(37,38)24-12-10-22(11-13-24)31-28(34)27-17-33(25-8-4-5-9-26(25)39-27)40(35,36)18-19-6-2-1-3-7-19/h1-16,27,32H,17-18H2,(H,31,34)/t27-/m0/s1. The van der Waals surface area contributed by atoms with Gasteiger partial charge in [0.25, 0.3) is 15.9 Å². The van der Waals surface area contributed by atoms with Gasteiger partial charge in [-0.2, -0.15) is 0 Å². The number of benzene rings is 4. The summed E-state index contributed by atoms with van der Waals surface area (Å²) in [6, 6.07) is 25.1. The van der Waals surface area contributed by atoms with Crippen molar-refractivity contribution in [1.29, 1.82) is 0 Å². The van der Waals surface area contributed by atoms with E-state index in [9.17, 15) is 21.6 Å². The molecule has 1 amide bonds. The zero-order chi connectivity index (χ0) is 29.2. The first kappa shape index (κ1) is 28.7. The van der Waals surface area contributed by atoms with Crippen molar-refractivity contribution in [3.05, 3.63) is 113 Å². The molecule has 0 aromatic heterocycles. The van der Waals surface area contributed by atoms with Crippen molar-refractivity contribution < 1.29 is 26.4 Å². The Bertz CT molecular complexity index is 1780. The molecule has 2 N–H and O–H groups in total. The molecule has 1 atom stereocenters. The van der Waals surface area contributed by atoms with Crippen molar-refractivity contribution in [1.82, 2.24) is 0 Å². The summed E-state index contributed by atoms with van der Waals surface area (Å²) < 4.78 is 61.9. The highest BCUT2D eigenvalue weighted by molar-refractivity contribution is 7.92. The van der Waals surface area contributed by atoms with Crippen LogP contribution in [0.2, 0.25) is 10.0 Å². The maximum atomic E-state index is 13.4. The van der Waals surface area contributed by atoms with E-state index in [0.29, 0.717) is 16.9 Å². The summed E-state index contributed by atoms with van der Waals surface area (Å²) in [6.45, 7) is -0.239. The molecule has 5 rings (SSSR count). The Morgan fingerprint density at radius 1 is 0.829 bits per heavy atom. The lowest BCUT2D eigenvalue weighted by molar-refractivity contribution is -0.122. The number of para-hydroxylation sites is 2. The van der Waals surface area contributed by atoms with Gasteiger partial charge in [0.05, 0.1) is 28.6 Å². The van der Waals surface area contributed by atoms with E-state index >= 15 is 0 Å². The van der Waals surface area contributed by atoms with E-state index in [0.717, 1.165) is 0 Å². The summed E-state index contributed by atoms with van der Waals surface area (Å²) in [6.07, 6.45) is -1.16. The zero-order valence-electron chi connectivity index (χ0n) is 21.2. The van der Waals surface area contributed by atoms with Gasteiger partial charge in [0.15, 0.2) is 6.10 Å². The lowest BCUT2D eigenvalue weighted by Crippen LogP contribution is -2.49. The van der Waals surface area contributed by atoms with Gasteiger partial charge >= 0.3 is 0 Å². The second-order valence-electron chi connectivity index (χ2n) is 9.12. The fraction of sp³-hybridized carbons (Fsp3) is 0.107. The zero-order valence-corrected chi connectivity index (χ0v) is 24.3. The van der Waals surface area contributed by atoms with Crippen molar-refractivity contribution in [2.24, 2.45) is 0 Å². The van der Waals surface area contributed by atoms with Gasteiger partial charge in [0.2, 0.25) is 10.0 Å². The number of hydrogen-bond donors (Lipinski definition) is 2. The van der Waals surface area contributed by atoms with E-state index in [2.05, 4.69) is 10.0 Å². The molecule has 0 fully saturated rings. The number of ether oxygens (including phenoxy) is 1. The van der Waals surface area contributed by atoms with Crippen LogP contribution in [0.25, 0.3) is 0 Å². The molecule has 13 heteroatoms. The largest absolute Gasteiger partial charge is 0.476 e. The smallest absolute Gasteiger partial charge is 0.267 e. The predicted molar refractivity (Wildman–Crippen MR) is 160 cm³/mol. The normalized spacial score (nSPS) is 15.0. The van der Waals surface area contributed by atoms with E-state index in [1.807, 2.05) is 0 Å². The number of nitrogens with one attached hydrogen (secondary N) is 2. The van der Waals surface area contributed by atoms with Gasteiger partial charge < -0.3 is 10.1 Å². The third-order valence-electron chi connectivity index (χ3n) is 6.10. The number of sulfonamides is 2. The van der Waals surface area contributed by atoms with Crippen LogP contribution >= 0.6 is 23.2 Å². The van der Waals surface area contributed by atoms with Crippen LogP contribution in [-0.4, -0.2) is 35.4 Å². The van der Waals surface area contributed by atoms with Gasteiger partial charge in [0, 0.05) is 15.7 Å². The number of amides is 1. The van der Waals surface area contributed by atoms with Gasteiger partial charge in [-0.25, -0.2) is 16.8 Å². The summed E-state index contributed by atoms with van der Waals surface area (Å²) in [5.74, 6) is -0.590. The monoisotopic (exact) mass is 631 g/mol. The first-order valence-corrected chi connectivity index (χ1v) is 16.0. The van der Waals surface area contributed by atoms with Crippen LogP contribution in [0.3, 0.4) is 0 Å². The van der Waals surface area contributed by atoms with Crippen LogP contribution < -0.4 is 19.1 Å². The van der Waals surface area contributed by atoms with Gasteiger partial charge in [-0.3, -0.25) is 13.8 Å². The van der Waals surface area contributed by atoms with Gasteiger partial charge in [-0.1, -0.05) is 65.7 Å². The second-order valence-corrected chi connectivity index (χ2v) is 13.6. The Hall–Kier alpha value is -3.77. The van der Waals surface area contributed by atoms with Gasteiger partial charge in [-0.05, 0) is 60.2 Å². The van der Waals surface area contributed by atoms with Crippen molar-refractivity contribution in [3.63, 3.8) is 0 Å². The number of fused-ring (bicyclic) bond motifs is 1. The molecule has 1 aliphatic rings. The molecule has 1 heterocycles. The molecule has 0 radical (unpaired) electrons. The highest BCUT2D eigenvalue weighted by Gasteiger charge is 2.36. The van der Waals surface area contributed by atoms with E-state index in [1.165, 1.54) is 46.8 Å². The van der Waals surface area contributed by atoms with Crippen molar-refractivity contribution >= 4 is 66.2 Å². The fourth-order valence-corrected chi connectivity index (χ4v) is 7.38. The van der Waals surface area contributed by atoms with Gasteiger partial charge in [-0.15, -0.1) is 0 Å². The summed E-state index contributed by atoms with van der Waals surface area (Å²) in [5, 5.41) is 3.21. The molecule has 4 aromatic carbocycles. The molecule has 0 aliphatic carbocycles. The highest BCUT2D eigenvalue weighted by Crippen LogP contribution is 2.36. The SMILES string of the molecule is O=C(Nc1ccc(S(=O)(=O)Nc2cc(Cl)cc(Cl)c2)cc1)[C@@H]1CN(S(=O)(=O)Cc2ccccc2)c2ccccc2O1. The van der Waals surface area contributed by atoms with Gasteiger partial charge in [0.1, 0.15) is 5.75 Å². The van der Waals surface area contributed by atoms with Crippen LogP contribution in [-0.2, 0) is 30.6 Å². The minimum absolute atomic E-state index is 0.0624. The molecule has 1 aliphatic heterocycles. The maximum absolute atomic E-state index is 13.4. The van der Waals surface area contributed by atoms with Crippen molar-refractivity contribution in [2.45, 2.75) is 16.8 Å². The van der Waals surface area contributed by atoms with Crippen molar-refractivity contribution in [3.8, 4) is 5.75 Å². The molecule has 212 valence electrons. The third kappa shape index (κ3) is 6.76. The Balaban J connectivity index is 1.31. The molecule has 0 saturated heterocycles. The average Bonchev–Trinajstić information content (AvgIpc) is 2.92. The molecular weight excluding hydrogens is 609 g/mol. The highest BCUT2D eigenvalue weighted by atomic mass is 35.5. The number of carbonyl (C=O) groups is 1. The lowest BCUT2D eigenvalue weighted by atomic mass is 10.2. The molecule has 4 aromatic rings. The van der Waals surface area contributed by atoms with E-state index in [-0.39, 0.29) is 38.7 Å². The predicted octanol–water partition coefficient (Wildman–Crippen LogP) is 5.53. The Morgan fingerprint density at radius 3 is 2.15 bits per heavy atom. The first-order chi connectivity index (χ1) is 19.5. The second kappa shape index (κ2) is 11.6. The summed E-state index contributed by atoms with van der Waals surface area (Å²) in [4.78, 5) is 13.1. The molecule has 9 nitrogen and oxygen atoms in total. The van der Waals surface area contributed by atoms with Crippen LogP contribution in [0.4, 0.5) is 17.1 Å². The Kier molecular flexibility index (Phi) is 8.14. The molecule has 41 heavy (non-hydrogen) atoms. The number of halogens is 2. The number of nitrogens with zero attached hydrogens (tertiary/aromatic N) is 1. The number of rotatable bonds is 8. The molecule has 0 unspecified atom stereocenters. The minimum atomic E-state index is -3.97. The topological polar surface area (TPSA) is 122 Å². The average molecular weight is 633 g/mol. The summed E-state index contributed by atoms with van der Waals surface area (Å²) in [5.41, 5.74) is 1.44. The van der Waals surface area contributed by atoms with Crippen LogP contribution in [0.1, 0.15) is 5.56 Å². The lowest BCUT2D eigenvalue weighted by Gasteiger charge is -2.34. The molecular formula is C28H23Cl2N3O6S2. The summed E-state index contributed by atoms with van der Waals surface area (Å²) >= 11 is 11.9. The van der Waals surface area contributed by atoms with Crippen LogP contribution in [0.15, 0.2) is 102 Å². The maximum Gasteiger partial charge on any atom is 0.267 e. The quantitative estimate of drug-likeness (QED) is 0.264. The number of anilines is 3. The van der Waals surface area contributed by atoms with E-state index in [1.54, 1.807) is 54.6 Å². The fourth-order valence-electron chi connectivity index (χ4n) is 4.23. The Labute approximate surface area is 247 Å². The van der Waals surface area contributed by atoms with E-state index < -0.39 is 32.1 Å². The Morgan fingerprint density at radius 2 is 1.46 bits per heavy atom. The number of hydrogen-bond acceptors (Lipinski definition) is 6. The van der Waals surface area contributed by atoms with Crippen LogP contribution in [0, 0.1) is 0 Å². The molecule has 0 spiro atoms. The minimum Gasteiger partial charge on any atom is -0.476 e. The number of carbonyl (C=O) groups excluding carboxylic acids is 1.